The Labute approximate surface area is 77.8 Å². The van der Waals surface area contributed by atoms with Gasteiger partial charge in [-0.1, -0.05) is 24.3 Å². The van der Waals surface area contributed by atoms with Crippen molar-refractivity contribution in [1.29, 1.82) is 5.26 Å². The normalized spacial score (nSPS) is 9.23. The molecule has 0 bridgehead atoms. The van der Waals surface area contributed by atoms with Gasteiger partial charge in [0.25, 0.3) is 0 Å². The summed E-state index contributed by atoms with van der Waals surface area (Å²) in [5, 5.41) is 8.54. The third-order valence-corrected chi connectivity index (χ3v) is 1.83. The molecule has 0 aliphatic carbocycles. The highest BCUT2D eigenvalue weighted by Crippen LogP contribution is 2.10. The lowest BCUT2D eigenvalue weighted by Crippen LogP contribution is -2.00. The van der Waals surface area contributed by atoms with E-state index in [2.05, 4.69) is 6.07 Å². The number of benzene rings is 1. The molecule has 1 aromatic carbocycles. The number of ketones is 1. The number of Topliss-reactive ketones (excluding diaryl/α,β-unsaturated/α-hetero) is 1. The number of nitriles is 1. The molecular formula is C11H11NO. The summed E-state index contributed by atoms with van der Waals surface area (Å²) in [4.78, 5) is 10.9. The summed E-state index contributed by atoms with van der Waals surface area (Å²) in [5.74, 6) is 0.130. The van der Waals surface area contributed by atoms with Crippen molar-refractivity contribution in [2.24, 2.45) is 0 Å². The summed E-state index contributed by atoms with van der Waals surface area (Å²) < 4.78 is 0. The van der Waals surface area contributed by atoms with E-state index in [-0.39, 0.29) is 5.78 Å². The molecule has 0 atom stereocenters. The molecule has 0 heterocycles. The quantitative estimate of drug-likeness (QED) is 0.700. The van der Waals surface area contributed by atoms with Gasteiger partial charge in [0.15, 0.2) is 0 Å². The predicted octanol–water partition coefficient (Wildman–Crippen LogP) is 1.88. The lowest BCUT2D eigenvalue weighted by atomic mass is 10.0. The molecule has 0 unspecified atom stereocenters. The van der Waals surface area contributed by atoms with Gasteiger partial charge in [-0.15, -0.1) is 0 Å². The number of rotatable bonds is 3. The van der Waals surface area contributed by atoms with Crippen LogP contribution in [0.25, 0.3) is 0 Å². The van der Waals surface area contributed by atoms with E-state index in [1.807, 2.05) is 24.3 Å². The Kier molecular flexibility index (Phi) is 3.22. The molecule has 0 fully saturated rings. The van der Waals surface area contributed by atoms with E-state index in [1.165, 1.54) is 0 Å². The average molecular weight is 173 g/mol. The fourth-order valence-corrected chi connectivity index (χ4v) is 1.26. The van der Waals surface area contributed by atoms with Gasteiger partial charge in [0.1, 0.15) is 5.78 Å². The Bertz CT molecular complexity index is 349. The van der Waals surface area contributed by atoms with Gasteiger partial charge in [0.2, 0.25) is 0 Å². The van der Waals surface area contributed by atoms with E-state index in [0.29, 0.717) is 12.8 Å². The van der Waals surface area contributed by atoms with E-state index < -0.39 is 0 Å². The third-order valence-electron chi connectivity index (χ3n) is 1.83. The van der Waals surface area contributed by atoms with Crippen molar-refractivity contribution >= 4 is 5.78 Å². The Morgan fingerprint density at radius 2 is 2.00 bits per heavy atom. The largest absolute Gasteiger partial charge is 0.300 e. The maximum Gasteiger partial charge on any atom is 0.134 e. The summed E-state index contributed by atoms with van der Waals surface area (Å²) >= 11 is 0. The van der Waals surface area contributed by atoms with Crippen LogP contribution in [0, 0.1) is 11.3 Å². The molecule has 0 radical (unpaired) electrons. The van der Waals surface area contributed by atoms with Crippen molar-refractivity contribution in [1.82, 2.24) is 0 Å². The van der Waals surface area contributed by atoms with Gasteiger partial charge in [0, 0.05) is 6.42 Å². The summed E-state index contributed by atoms with van der Waals surface area (Å²) in [7, 11) is 0. The van der Waals surface area contributed by atoms with Crippen LogP contribution in [0.4, 0.5) is 0 Å². The van der Waals surface area contributed by atoms with Gasteiger partial charge in [0.05, 0.1) is 12.5 Å². The van der Waals surface area contributed by atoms with Crippen LogP contribution < -0.4 is 0 Å². The van der Waals surface area contributed by atoms with Crippen LogP contribution in [-0.2, 0) is 17.6 Å². The molecule has 0 amide bonds. The number of hydrogen-bond acceptors (Lipinski definition) is 2. The number of hydrogen-bond donors (Lipinski definition) is 0. The number of carbonyl (C=O) groups is 1. The van der Waals surface area contributed by atoms with Gasteiger partial charge in [-0.2, -0.15) is 5.26 Å². The minimum absolute atomic E-state index is 0.130. The Balaban J connectivity index is 2.92. The van der Waals surface area contributed by atoms with Gasteiger partial charge in [-0.05, 0) is 18.1 Å². The number of nitrogens with zero attached hydrogens (tertiary/aromatic N) is 1. The Morgan fingerprint density at radius 1 is 1.38 bits per heavy atom. The zero-order chi connectivity index (χ0) is 9.68. The first kappa shape index (κ1) is 9.47. The predicted molar refractivity (Wildman–Crippen MR) is 50.1 cm³/mol. The minimum atomic E-state index is 0.130. The van der Waals surface area contributed by atoms with Crippen molar-refractivity contribution in [2.75, 3.05) is 0 Å². The Morgan fingerprint density at radius 3 is 2.54 bits per heavy atom. The fourth-order valence-electron chi connectivity index (χ4n) is 1.26. The minimum Gasteiger partial charge on any atom is -0.300 e. The molecule has 0 N–H and O–H groups in total. The summed E-state index contributed by atoms with van der Waals surface area (Å²) in [5.41, 5.74) is 1.93. The highest BCUT2D eigenvalue weighted by molar-refractivity contribution is 5.78. The zero-order valence-electron chi connectivity index (χ0n) is 7.58. The SMILES string of the molecule is CC(=O)Cc1ccccc1CC#N. The van der Waals surface area contributed by atoms with E-state index in [4.69, 9.17) is 5.26 Å². The monoisotopic (exact) mass is 173 g/mol. The molecule has 0 aliphatic rings. The molecule has 1 rings (SSSR count). The van der Waals surface area contributed by atoms with E-state index in [1.54, 1.807) is 6.92 Å². The first-order valence-electron chi connectivity index (χ1n) is 4.17. The maximum absolute atomic E-state index is 10.9. The number of carbonyl (C=O) groups excluding carboxylic acids is 1. The second kappa shape index (κ2) is 4.42. The standard InChI is InChI=1S/C11H11NO/c1-9(13)8-11-5-3-2-4-10(11)6-7-12/h2-5H,6,8H2,1H3. The second-order valence-corrected chi connectivity index (χ2v) is 2.98. The fraction of sp³-hybridized carbons (Fsp3) is 0.273. The molecule has 66 valence electrons. The molecule has 0 spiro atoms. The third kappa shape index (κ3) is 2.72. The summed E-state index contributed by atoms with van der Waals surface area (Å²) in [6, 6.07) is 9.65. The van der Waals surface area contributed by atoms with Crippen LogP contribution in [0.15, 0.2) is 24.3 Å². The van der Waals surface area contributed by atoms with Gasteiger partial charge in [-0.25, -0.2) is 0 Å². The average Bonchev–Trinajstić information content (AvgIpc) is 2.08. The van der Waals surface area contributed by atoms with Crippen molar-refractivity contribution < 1.29 is 4.79 Å². The molecule has 1 aromatic rings. The smallest absolute Gasteiger partial charge is 0.134 e. The van der Waals surface area contributed by atoms with Crippen molar-refractivity contribution in [2.45, 2.75) is 19.8 Å². The van der Waals surface area contributed by atoms with Crippen LogP contribution >= 0.6 is 0 Å². The van der Waals surface area contributed by atoms with Crippen LogP contribution in [0.3, 0.4) is 0 Å². The Hall–Kier alpha value is -1.62. The molecule has 2 nitrogen and oxygen atoms in total. The maximum atomic E-state index is 10.9. The van der Waals surface area contributed by atoms with Crippen LogP contribution in [0.5, 0.6) is 0 Å². The summed E-state index contributed by atoms with van der Waals surface area (Å²) in [6.45, 7) is 1.56. The highest BCUT2D eigenvalue weighted by Gasteiger charge is 2.02. The van der Waals surface area contributed by atoms with Gasteiger partial charge in [-0.3, -0.25) is 4.79 Å². The molecule has 0 saturated heterocycles. The lowest BCUT2D eigenvalue weighted by molar-refractivity contribution is -0.116. The molecule has 0 aliphatic heterocycles. The molecular weight excluding hydrogens is 162 g/mol. The zero-order valence-corrected chi connectivity index (χ0v) is 7.58. The molecule has 0 aromatic heterocycles. The topological polar surface area (TPSA) is 40.9 Å². The van der Waals surface area contributed by atoms with Crippen molar-refractivity contribution in [3.63, 3.8) is 0 Å². The van der Waals surface area contributed by atoms with E-state index in [9.17, 15) is 4.79 Å². The van der Waals surface area contributed by atoms with Crippen LogP contribution in [0.2, 0.25) is 0 Å². The molecule has 2 heteroatoms. The van der Waals surface area contributed by atoms with Crippen LogP contribution in [-0.4, -0.2) is 5.78 Å². The van der Waals surface area contributed by atoms with Crippen molar-refractivity contribution in [3.05, 3.63) is 35.4 Å². The first-order chi connectivity index (χ1) is 6.24. The van der Waals surface area contributed by atoms with Crippen molar-refractivity contribution in [3.8, 4) is 6.07 Å². The van der Waals surface area contributed by atoms with E-state index >= 15 is 0 Å². The van der Waals surface area contributed by atoms with Gasteiger partial charge >= 0.3 is 0 Å². The van der Waals surface area contributed by atoms with E-state index in [0.717, 1.165) is 11.1 Å². The van der Waals surface area contributed by atoms with Crippen LogP contribution in [0.1, 0.15) is 18.1 Å². The van der Waals surface area contributed by atoms with Gasteiger partial charge < -0.3 is 0 Å². The molecule has 0 saturated carbocycles. The molecule has 13 heavy (non-hydrogen) atoms. The second-order valence-electron chi connectivity index (χ2n) is 2.98. The lowest BCUT2D eigenvalue weighted by Gasteiger charge is -2.03. The first-order valence-corrected chi connectivity index (χ1v) is 4.17. The summed E-state index contributed by atoms with van der Waals surface area (Å²) in [6.07, 6.45) is 0.807. The highest BCUT2D eigenvalue weighted by atomic mass is 16.1.